The molecule has 1 N–H and O–H groups in total. The largest absolute Gasteiger partial charge is 0.490 e. The minimum atomic E-state index is 0.332. The smallest absolute Gasteiger partial charge is 0.123 e. The molecule has 0 aromatic heterocycles. The van der Waals surface area contributed by atoms with Gasteiger partial charge in [0.15, 0.2) is 0 Å². The summed E-state index contributed by atoms with van der Waals surface area (Å²) in [4.78, 5) is 0. The van der Waals surface area contributed by atoms with Crippen LogP contribution in [0.5, 0.6) is 5.75 Å². The number of benzene rings is 1. The fraction of sp³-hybridized carbons (Fsp3) is 0.667. The SMILES string of the molecule is CNC(c1ccc2c(c1)CC(C)O2)C1(C)CCCCC1. The van der Waals surface area contributed by atoms with Crippen molar-refractivity contribution in [1.82, 2.24) is 5.32 Å². The first-order valence-corrected chi connectivity index (χ1v) is 8.09. The van der Waals surface area contributed by atoms with Gasteiger partial charge in [0, 0.05) is 12.5 Å². The van der Waals surface area contributed by atoms with Gasteiger partial charge in [-0.2, -0.15) is 0 Å². The Balaban J connectivity index is 1.88. The Hall–Kier alpha value is -1.02. The van der Waals surface area contributed by atoms with Crippen LogP contribution in [0.25, 0.3) is 0 Å². The van der Waals surface area contributed by atoms with Crippen LogP contribution in [-0.4, -0.2) is 13.2 Å². The van der Waals surface area contributed by atoms with Crippen molar-refractivity contribution in [2.45, 2.75) is 64.5 Å². The molecule has 20 heavy (non-hydrogen) atoms. The second kappa shape index (κ2) is 5.40. The maximum absolute atomic E-state index is 5.83. The normalized spacial score (nSPS) is 25.9. The first kappa shape index (κ1) is 13.9. The molecule has 1 aromatic carbocycles. The summed E-state index contributed by atoms with van der Waals surface area (Å²) in [5, 5.41) is 3.59. The Labute approximate surface area is 122 Å². The lowest BCUT2D eigenvalue weighted by atomic mass is 9.68. The zero-order chi connectivity index (χ0) is 14.2. The van der Waals surface area contributed by atoms with Gasteiger partial charge in [-0.15, -0.1) is 0 Å². The molecule has 0 spiro atoms. The quantitative estimate of drug-likeness (QED) is 0.889. The summed E-state index contributed by atoms with van der Waals surface area (Å²) in [6, 6.07) is 7.27. The number of fused-ring (bicyclic) bond motifs is 1. The molecule has 1 heterocycles. The highest BCUT2D eigenvalue weighted by Gasteiger charge is 2.36. The Morgan fingerprint density at radius 3 is 2.70 bits per heavy atom. The second-order valence-corrected chi connectivity index (χ2v) is 6.94. The molecule has 0 amide bonds. The van der Waals surface area contributed by atoms with Crippen molar-refractivity contribution in [3.05, 3.63) is 29.3 Å². The molecular weight excluding hydrogens is 246 g/mol. The van der Waals surface area contributed by atoms with Gasteiger partial charge < -0.3 is 10.1 Å². The van der Waals surface area contributed by atoms with E-state index in [-0.39, 0.29) is 0 Å². The van der Waals surface area contributed by atoms with Crippen molar-refractivity contribution in [1.29, 1.82) is 0 Å². The van der Waals surface area contributed by atoms with Crippen molar-refractivity contribution >= 4 is 0 Å². The first-order chi connectivity index (χ1) is 9.62. The molecule has 0 saturated heterocycles. The highest BCUT2D eigenvalue weighted by Crippen LogP contribution is 2.46. The summed E-state index contributed by atoms with van der Waals surface area (Å²) in [7, 11) is 2.11. The highest BCUT2D eigenvalue weighted by atomic mass is 16.5. The number of rotatable bonds is 3. The average molecular weight is 273 g/mol. The molecule has 0 bridgehead atoms. The van der Waals surface area contributed by atoms with E-state index < -0.39 is 0 Å². The summed E-state index contributed by atoms with van der Waals surface area (Å²) in [6.07, 6.45) is 8.21. The Kier molecular flexibility index (Phi) is 3.76. The number of hydrogen-bond acceptors (Lipinski definition) is 2. The fourth-order valence-corrected chi connectivity index (χ4v) is 4.19. The molecule has 1 aliphatic heterocycles. The van der Waals surface area contributed by atoms with Crippen LogP contribution >= 0.6 is 0 Å². The predicted molar refractivity (Wildman–Crippen MR) is 83.2 cm³/mol. The molecule has 2 aliphatic rings. The topological polar surface area (TPSA) is 21.3 Å². The van der Waals surface area contributed by atoms with Crippen LogP contribution in [0.15, 0.2) is 18.2 Å². The maximum Gasteiger partial charge on any atom is 0.123 e. The lowest BCUT2D eigenvalue weighted by Crippen LogP contribution is -2.36. The Bertz CT molecular complexity index is 476. The summed E-state index contributed by atoms with van der Waals surface area (Å²) in [6.45, 7) is 4.61. The third-order valence-corrected chi connectivity index (χ3v) is 5.23. The van der Waals surface area contributed by atoms with Gasteiger partial charge in [0.2, 0.25) is 0 Å². The molecule has 2 atom stereocenters. The van der Waals surface area contributed by atoms with Crippen LogP contribution in [0.3, 0.4) is 0 Å². The average Bonchev–Trinajstić information content (AvgIpc) is 2.79. The summed E-state index contributed by atoms with van der Waals surface area (Å²) in [5.74, 6) is 1.09. The number of hydrogen-bond donors (Lipinski definition) is 1. The minimum Gasteiger partial charge on any atom is -0.490 e. The van der Waals surface area contributed by atoms with Crippen molar-refractivity contribution in [2.24, 2.45) is 5.41 Å². The van der Waals surface area contributed by atoms with E-state index in [2.05, 4.69) is 44.4 Å². The van der Waals surface area contributed by atoms with Gasteiger partial charge in [-0.25, -0.2) is 0 Å². The van der Waals surface area contributed by atoms with Crippen LogP contribution in [0, 0.1) is 5.41 Å². The van der Waals surface area contributed by atoms with Crippen molar-refractivity contribution < 1.29 is 4.74 Å². The van der Waals surface area contributed by atoms with E-state index in [1.165, 1.54) is 43.2 Å². The van der Waals surface area contributed by atoms with E-state index in [0.29, 0.717) is 17.6 Å². The van der Waals surface area contributed by atoms with Crippen molar-refractivity contribution in [3.63, 3.8) is 0 Å². The van der Waals surface area contributed by atoms with Crippen LogP contribution in [0.4, 0.5) is 0 Å². The van der Waals surface area contributed by atoms with Crippen molar-refractivity contribution in [2.75, 3.05) is 7.05 Å². The van der Waals surface area contributed by atoms with Gasteiger partial charge in [-0.3, -0.25) is 0 Å². The first-order valence-electron chi connectivity index (χ1n) is 8.09. The van der Waals surface area contributed by atoms with E-state index in [9.17, 15) is 0 Å². The summed E-state index contributed by atoms with van der Waals surface area (Å²) < 4.78 is 5.83. The molecule has 2 heteroatoms. The third-order valence-electron chi connectivity index (χ3n) is 5.23. The van der Waals surface area contributed by atoms with Gasteiger partial charge >= 0.3 is 0 Å². The molecular formula is C18H27NO. The molecule has 110 valence electrons. The van der Waals surface area contributed by atoms with Gasteiger partial charge in [0.05, 0.1) is 0 Å². The number of ether oxygens (including phenoxy) is 1. The van der Waals surface area contributed by atoms with E-state index in [1.54, 1.807) is 0 Å². The summed E-state index contributed by atoms with van der Waals surface area (Å²) in [5.41, 5.74) is 3.22. The molecule has 1 aliphatic carbocycles. The molecule has 1 saturated carbocycles. The maximum atomic E-state index is 5.83. The molecule has 0 radical (unpaired) electrons. The molecule has 1 aromatic rings. The summed E-state index contributed by atoms with van der Waals surface area (Å²) >= 11 is 0. The van der Waals surface area contributed by atoms with Crippen molar-refractivity contribution in [3.8, 4) is 5.75 Å². The molecule has 2 nitrogen and oxygen atoms in total. The highest BCUT2D eigenvalue weighted by molar-refractivity contribution is 5.42. The van der Waals surface area contributed by atoms with Crippen LogP contribution < -0.4 is 10.1 Å². The van der Waals surface area contributed by atoms with Gasteiger partial charge in [-0.1, -0.05) is 38.3 Å². The van der Waals surface area contributed by atoms with Crippen LogP contribution in [0.2, 0.25) is 0 Å². The standard InChI is InChI=1S/C18H27NO/c1-13-11-15-12-14(7-8-16(15)20-13)17(19-3)18(2)9-5-4-6-10-18/h7-8,12-13,17,19H,4-6,9-11H2,1-3H3. The lowest BCUT2D eigenvalue weighted by Gasteiger charge is -2.41. The van der Waals surface area contributed by atoms with E-state index in [1.807, 2.05) is 0 Å². The zero-order valence-corrected chi connectivity index (χ0v) is 13.0. The Morgan fingerprint density at radius 1 is 1.25 bits per heavy atom. The van der Waals surface area contributed by atoms with E-state index >= 15 is 0 Å². The van der Waals surface area contributed by atoms with Gasteiger partial charge in [-0.05, 0) is 49.4 Å². The predicted octanol–water partition coefficient (Wildman–Crippen LogP) is 4.24. The minimum absolute atomic E-state index is 0.332. The lowest BCUT2D eigenvalue weighted by molar-refractivity contribution is 0.150. The molecule has 1 fully saturated rings. The van der Waals surface area contributed by atoms with Gasteiger partial charge in [0.1, 0.15) is 11.9 Å². The van der Waals surface area contributed by atoms with Crippen LogP contribution in [0.1, 0.15) is 63.1 Å². The Morgan fingerprint density at radius 2 is 2.00 bits per heavy atom. The van der Waals surface area contributed by atoms with E-state index in [0.717, 1.165) is 12.2 Å². The fourth-order valence-electron chi connectivity index (χ4n) is 4.19. The van der Waals surface area contributed by atoms with Gasteiger partial charge in [0.25, 0.3) is 0 Å². The molecule has 2 unspecified atom stereocenters. The monoisotopic (exact) mass is 273 g/mol. The van der Waals surface area contributed by atoms with Crippen LogP contribution in [-0.2, 0) is 6.42 Å². The second-order valence-electron chi connectivity index (χ2n) is 6.94. The van der Waals surface area contributed by atoms with E-state index in [4.69, 9.17) is 4.74 Å². The zero-order valence-electron chi connectivity index (χ0n) is 13.0. The molecule has 3 rings (SSSR count). The number of nitrogens with one attached hydrogen (secondary N) is 1. The third kappa shape index (κ3) is 2.46.